The van der Waals surface area contributed by atoms with Crippen LogP contribution >= 0.6 is 0 Å². The lowest BCUT2D eigenvalue weighted by atomic mass is 9.91. The number of rotatable bonds is 13. The van der Waals surface area contributed by atoms with Crippen LogP contribution in [-0.2, 0) is 12.8 Å². The summed E-state index contributed by atoms with van der Waals surface area (Å²) in [6.07, 6.45) is 10.2. The topological polar surface area (TPSA) is 18.5 Å². The van der Waals surface area contributed by atoms with Crippen molar-refractivity contribution in [1.29, 1.82) is 0 Å². The second kappa shape index (κ2) is 12.5. The van der Waals surface area contributed by atoms with Gasteiger partial charge in [0.1, 0.15) is 5.75 Å². The largest absolute Gasteiger partial charge is 0.541 e. The average Bonchev–Trinajstić information content (AvgIpc) is 2.76. The molecule has 0 aromatic heterocycles. The molecule has 2 nitrogen and oxygen atoms in total. The molecule has 0 radical (unpaired) electrons. The molecule has 0 fully saturated rings. The molecule has 2 aromatic carbocycles. The Kier molecular flexibility index (Phi) is 10.3. The normalized spacial score (nSPS) is 13.1. The molecule has 0 N–H and O–H groups in total. The van der Waals surface area contributed by atoms with E-state index in [9.17, 15) is 0 Å². The predicted molar refractivity (Wildman–Crippen MR) is 142 cm³/mol. The molecule has 1 unspecified atom stereocenters. The molecule has 0 bridgehead atoms. The van der Waals surface area contributed by atoms with E-state index < -0.39 is 8.32 Å². The summed E-state index contributed by atoms with van der Waals surface area (Å²) < 4.78 is 12.2. The van der Waals surface area contributed by atoms with Crippen molar-refractivity contribution in [2.24, 2.45) is 5.92 Å². The molecule has 0 aliphatic rings. The van der Waals surface area contributed by atoms with Crippen molar-refractivity contribution in [2.75, 3.05) is 7.11 Å². The smallest absolute Gasteiger partial charge is 0.250 e. The Morgan fingerprint density at radius 1 is 0.812 bits per heavy atom. The Morgan fingerprint density at radius 2 is 1.53 bits per heavy atom. The number of ether oxygens (including phenoxy) is 1. The molecule has 0 aliphatic heterocycles. The van der Waals surface area contributed by atoms with Crippen molar-refractivity contribution in [1.82, 2.24) is 0 Å². The summed E-state index contributed by atoms with van der Waals surface area (Å²) in [6.45, 7) is 13.7. The van der Waals surface area contributed by atoms with E-state index in [2.05, 4.69) is 89.3 Å². The molecule has 0 saturated carbocycles. The Hall–Kier alpha value is -1.74. The first-order valence-electron chi connectivity index (χ1n) is 12.6. The van der Waals surface area contributed by atoms with E-state index >= 15 is 0 Å². The van der Waals surface area contributed by atoms with Crippen molar-refractivity contribution < 1.29 is 9.16 Å². The van der Waals surface area contributed by atoms with Gasteiger partial charge < -0.3 is 9.16 Å². The summed E-state index contributed by atoms with van der Waals surface area (Å²) in [6, 6.07) is 17.4. The van der Waals surface area contributed by atoms with Gasteiger partial charge in [-0.1, -0.05) is 89.8 Å². The molecule has 0 heterocycles. The summed E-state index contributed by atoms with van der Waals surface area (Å²) in [5.74, 6) is 2.58. The van der Waals surface area contributed by atoms with Crippen molar-refractivity contribution in [2.45, 2.75) is 97.2 Å². The Balaban J connectivity index is 1.82. The first-order chi connectivity index (χ1) is 15.2. The van der Waals surface area contributed by atoms with Gasteiger partial charge in [-0.25, -0.2) is 0 Å². The Morgan fingerprint density at radius 3 is 2.16 bits per heavy atom. The summed E-state index contributed by atoms with van der Waals surface area (Å²) in [4.78, 5) is 0. The second-order valence-electron chi connectivity index (χ2n) is 10.7. The van der Waals surface area contributed by atoms with E-state index in [-0.39, 0.29) is 5.04 Å². The lowest BCUT2D eigenvalue weighted by Gasteiger charge is -2.36. The highest BCUT2D eigenvalue weighted by Gasteiger charge is 2.39. The highest BCUT2D eigenvalue weighted by Crippen LogP contribution is 2.40. The number of hydrogen-bond donors (Lipinski definition) is 0. The van der Waals surface area contributed by atoms with E-state index in [4.69, 9.17) is 9.16 Å². The van der Waals surface area contributed by atoms with Gasteiger partial charge in [-0.05, 0) is 73.0 Å². The van der Waals surface area contributed by atoms with Gasteiger partial charge in [0.15, 0.2) is 5.75 Å². The molecule has 0 spiro atoms. The third-order valence-electron chi connectivity index (χ3n) is 7.24. The number of benzene rings is 2. The van der Waals surface area contributed by atoms with Crippen molar-refractivity contribution >= 4 is 8.32 Å². The van der Waals surface area contributed by atoms with Crippen LogP contribution in [0.4, 0.5) is 0 Å². The lowest BCUT2D eigenvalue weighted by molar-refractivity contribution is 0.384. The lowest BCUT2D eigenvalue weighted by Crippen LogP contribution is -2.43. The van der Waals surface area contributed by atoms with E-state index in [0.29, 0.717) is 0 Å². The van der Waals surface area contributed by atoms with E-state index in [1.54, 1.807) is 7.11 Å². The van der Waals surface area contributed by atoms with E-state index in [1.165, 1.54) is 56.1 Å². The molecule has 1 atom stereocenters. The highest BCUT2D eigenvalue weighted by molar-refractivity contribution is 6.74. The second-order valence-corrected chi connectivity index (χ2v) is 15.5. The van der Waals surface area contributed by atoms with Crippen LogP contribution in [0.3, 0.4) is 0 Å². The molecular formula is C29H46O2Si. The predicted octanol–water partition coefficient (Wildman–Crippen LogP) is 8.84. The van der Waals surface area contributed by atoms with Gasteiger partial charge in [0.2, 0.25) is 0 Å². The number of unbranched alkanes of at least 4 members (excludes halogenated alkanes) is 2. The molecule has 0 amide bonds. The zero-order valence-electron chi connectivity index (χ0n) is 21.7. The summed E-state index contributed by atoms with van der Waals surface area (Å²) in [5.41, 5.74) is 2.82. The van der Waals surface area contributed by atoms with Crippen LogP contribution in [0, 0.1) is 5.92 Å². The fraction of sp³-hybridized carbons (Fsp3) is 0.586. The van der Waals surface area contributed by atoms with Gasteiger partial charge in [0, 0.05) is 0 Å². The fourth-order valence-corrected chi connectivity index (χ4v) is 4.91. The van der Waals surface area contributed by atoms with Crippen LogP contribution in [0.25, 0.3) is 0 Å². The first kappa shape index (κ1) is 26.5. The maximum Gasteiger partial charge on any atom is 0.250 e. The zero-order chi connectivity index (χ0) is 23.6. The summed E-state index contributed by atoms with van der Waals surface area (Å²) in [7, 11) is -0.125. The fourth-order valence-electron chi connectivity index (χ4n) is 3.89. The average molecular weight is 455 g/mol. The van der Waals surface area contributed by atoms with E-state index in [1.807, 2.05) is 0 Å². The monoisotopic (exact) mass is 454 g/mol. The van der Waals surface area contributed by atoms with Crippen molar-refractivity contribution in [3.05, 3.63) is 59.7 Å². The van der Waals surface area contributed by atoms with Gasteiger partial charge in [-0.2, -0.15) is 0 Å². The first-order valence-corrected chi connectivity index (χ1v) is 15.5. The maximum atomic E-state index is 6.51. The molecular weight excluding hydrogens is 408 g/mol. The zero-order valence-corrected chi connectivity index (χ0v) is 22.7. The molecule has 0 saturated heterocycles. The number of hydrogen-bond acceptors (Lipinski definition) is 2. The van der Waals surface area contributed by atoms with Crippen LogP contribution < -0.4 is 9.16 Å². The standard InChI is InChI=1S/C29H46O2Si/c1-8-24(15-11-9-12-16-25-17-13-10-14-18-25)19-20-26-21-22-27(28(23-26)30-5)31-32(6,7)29(2,3)4/h10,13-14,17-18,21-24H,8-9,11-12,15-16,19-20H2,1-7H3. The van der Waals surface area contributed by atoms with Gasteiger partial charge in [0.25, 0.3) is 8.32 Å². The molecule has 178 valence electrons. The number of methoxy groups -OCH3 is 1. The Bertz CT molecular complexity index is 793. The maximum absolute atomic E-state index is 6.51. The summed E-state index contributed by atoms with van der Waals surface area (Å²) >= 11 is 0. The van der Waals surface area contributed by atoms with Crippen LogP contribution in [0.1, 0.15) is 77.3 Å². The van der Waals surface area contributed by atoms with Crippen molar-refractivity contribution in [3.8, 4) is 11.5 Å². The van der Waals surface area contributed by atoms with Crippen LogP contribution in [0.2, 0.25) is 18.1 Å². The molecule has 2 aromatic rings. The minimum atomic E-state index is -1.88. The SMILES string of the molecule is CCC(CCCCCc1ccccc1)CCc1ccc(O[Si](C)(C)C(C)(C)C)c(OC)c1. The molecule has 2 rings (SSSR count). The quantitative estimate of drug-likeness (QED) is 0.222. The van der Waals surface area contributed by atoms with Crippen molar-refractivity contribution in [3.63, 3.8) is 0 Å². The highest BCUT2D eigenvalue weighted by atomic mass is 28.4. The molecule has 0 aliphatic carbocycles. The minimum absolute atomic E-state index is 0.173. The third-order valence-corrected chi connectivity index (χ3v) is 11.6. The van der Waals surface area contributed by atoms with Gasteiger partial charge in [-0.3, -0.25) is 0 Å². The molecule has 32 heavy (non-hydrogen) atoms. The van der Waals surface area contributed by atoms with Gasteiger partial charge >= 0.3 is 0 Å². The van der Waals surface area contributed by atoms with Gasteiger partial charge in [0.05, 0.1) is 7.11 Å². The van der Waals surface area contributed by atoms with Gasteiger partial charge in [-0.15, -0.1) is 0 Å². The Labute approximate surface area is 198 Å². The van der Waals surface area contributed by atoms with Crippen LogP contribution in [-0.4, -0.2) is 15.4 Å². The third kappa shape index (κ3) is 8.31. The number of aryl methyl sites for hydroxylation is 2. The molecule has 3 heteroatoms. The summed E-state index contributed by atoms with van der Waals surface area (Å²) in [5, 5.41) is 0.173. The van der Waals surface area contributed by atoms with Crippen LogP contribution in [0.15, 0.2) is 48.5 Å². The van der Waals surface area contributed by atoms with Crippen LogP contribution in [0.5, 0.6) is 11.5 Å². The minimum Gasteiger partial charge on any atom is -0.541 e. The van der Waals surface area contributed by atoms with E-state index in [0.717, 1.165) is 23.8 Å².